The molecule has 0 unspecified atom stereocenters. The highest BCUT2D eigenvalue weighted by molar-refractivity contribution is 5.92. The molecule has 6 nitrogen and oxygen atoms in total. The molecule has 0 aliphatic heterocycles. The van der Waals surface area contributed by atoms with Crippen LogP contribution in [0.15, 0.2) is 53.4 Å². The number of hydrogen-bond acceptors (Lipinski definition) is 3. The molecule has 0 spiro atoms. The number of aromatic amines is 2. The normalized spacial score (nSPS) is 11.6. The van der Waals surface area contributed by atoms with Crippen LogP contribution in [0.2, 0.25) is 0 Å². The minimum atomic E-state index is -0.386. The molecule has 0 aliphatic carbocycles. The average molecular weight is 362 g/mol. The zero-order valence-corrected chi connectivity index (χ0v) is 15.4. The van der Waals surface area contributed by atoms with E-state index in [0.29, 0.717) is 12.4 Å². The highest BCUT2D eigenvalue weighted by Crippen LogP contribution is 2.17. The molecule has 3 rings (SSSR count). The van der Waals surface area contributed by atoms with Crippen LogP contribution in [0.3, 0.4) is 0 Å². The lowest BCUT2D eigenvalue weighted by Gasteiger charge is -2.06. The summed E-state index contributed by atoms with van der Waals surface area (Å²) in [7, 11) is 0. The van der Waals surface area contributed by atoms with Crippen LogP contribution >= 0.6 is 0 Å². The molecule has 138 valence electrons. The Balaban J connectivity index is 1.72. The number of H-pyrrole nitrogens is 2. The number of nitrogens with one attached hydrogen (secondary N) is 3. The Kier molecular flexibility index (Phi) is 5.66. The van der Waals surface area contributed by atoms with Crippen molar-refractivity contribution in [2.45, 2.75) is 26.8 Å². The first-order valence-electron chi connectivity index (χ1n) is 8.88. The van der Waals surface area contributed by atoms with Gasteiger partial charge in [0.05, 0.1) is 0 Å². The Labute approximate surface area is 157 Å². The van der Waals surface area contributed by atoms with Crippen molar-refractivity contribution in [2.24, 2.45) is 0 Å². The van der Waals surface area contributed by atoms with Gasteiger partial charge in [-0.05, 0) is 42.5 Å². The second kappa shape index (κ2) is 8.31. The van der Waals surface area contributed by atoms with E-state index in [-0.39, 0.29) is 17.2 Å². The summed E-state index contributed by atoms with van der Waals surface area (Å²) in [5.74, 6) is -0.0479. The van der Waals surface area contributed by atoms with Crippen molar-refractivity contribution < 1.29 is 4.79 Å². The van der Waals surface area contributed by atoms with Crippen molar-refractivity contribution in [1.29, 1.82) is 0 Å². The molecule has 3 N–H and O–H groups in total. The molecule has 1 aromatic carbocycles. The lowest BCUT2D eigenvalue weighted by Crippen LogP contribution is -2.26. The van der Waals surface area contributed by atoms with Crippen molar-refractivity contribution in [3.8, 4) is 0 Å². The van der Waals surface area contributed by atoms with Crippen LogP contribution in [0.1, 0.15) is 41.4 Å². The quantitative estimate of drug-likeness (QED) is 0.588. The van der Waals surface area contributed by atoms with Crippen LogP contribution in [-0.4, -0.2) is 20.9 Å². The van der Waals surface area contributed by atoms with Gasteiger partial charge in [0.15, 0.2) is 0 Å². The first-order valence-corrected chi connectivity index (χ1v) is 8.88. The number of benzene rings is 1. The van der Waals surface area contributed by atoms with Crippen LogP contribution in [0, 0.1) is 0 Å². The molecule has 0 fully saturated rings. The second-order valence-corrected chi connectivity index (χ2v) is 6.15. The topological polar surface area (TPSA) is 90.6 Å². The maximum atomic E-state index is 12.4. The number of carbonyl (C=O) groups excluding carboxylic acids is 1. The minimum absolute atomic E-state index is 0.0908. The summed E-state index contributed by atoms with van der Waals surface area (Å²) < 4.78 is 0. The zero-order valence-electron chi connectivity index (χ0n) is 15.4. The molecule has 0 atom stereocenters. The molecule has 2 heterocycles. The maximum absolute atomic E-state index is 12.4. The number of aryl methyl sites for hydroxylation is 1. The predicted octanol–water partition coefficient (Wildman–Crippen LogP) is 3.33. The lowest BCUT2D eigenvalue weighted by atomic mass is 10.1. The summed E-state index contributed by atoms with van der Waals surface area (Å²) in [4.78, 5) is 34.3. The van der Waals surface area contributed by atoms with Gasteiger partial charge >= 0.3 is 0 Å². The summed E-state index contributed by atoms with van der Waals surface area (Å²) >= 11 is 0. The largest absolute Gasteiger partial charge is 0.358 e. The molecule has 3 aromatic rings. The summed E-state index contributed by atoms with van der Waals surface area (Å²) in [6.07, 6.45) is 8.00. The van der Waals surface area contributed by atoms with Gasteiger partial charge in [0, 0.05) is 23.8 Å². The summed E-state index contributed by atoms with van der Waals surface area (Å²) in [6.45, 7) is 4.34. The summed E-state index contributed by atoms with van der Waals surface area (Å²) in [6, 6.07) is 9.35. The Morgan fingerprint density at radius 3 is 2.81 bits per heavy atom. The Bertz CT molecular complexity index is 1070. The van der Waals surface area contributed by atoms with Gasteiger partial charge in [-0.15, -0.1) is 0 Å². The van der Waals surface area contributed by atoms with Crippen LogP contribution < -0.4 is 10.9 Å². The molecule has 27 heavy (non-hydrogen) atoms. The van der Waals surface area contributed by atoms with E-state index in [1.807, 2.05) is 37.3 Å². The molecule has 0 aliphatic rings. The number of rotatable bonds is 6. The monoisotopic (exact) mass is 362 g/mol. The van der Waals surface area contributed by atoms with E-state index in [1.54, 1.807) is 12.2 Å². The van der Waals surface area contributed by atoms with E-state index in [4.69, 9.17) is 0 Å². The van der Waals surface area contributed by atoms with Crippen molar-refractivity contribution in [2.75, 3.05) is 0 Å². The number of aromatic nitrogens is 3. The van der Waals surface area contributed by atoms with Gasteiger partial charge in [0.1, 0.15) is 11.5 Å². The molecule has 0 saturated heterocycles. The van der Waals surface area contributed by atoms with E-state index >= 15 is 0 Å². The first kappa shape index (κ1) is 18.4. The fourth-order valence-corrected chi connectivity index (χ4v) is 2.74. The van der Waals surface area contributed by atoms with Gasteiger partial charge in [0.2, 0.25) is 0 Å². The molecular formula is C21H22N4O2. The van der Waals surface area contributed by atoms with Gasteiger partial charge in [-0.3, -0.25) is 9.59 Å². The van der Waals surface area contributed by atoms with Gasteiger partial charge in [-0.1, -0.05) is 37.3 Å². The number of nitrogens with zero attached hydrogens (tertiary/aromatic N) is 1. The Hall–Kier alpha value is -3.41. The smallest absolute Gasteiger partial charge is 0.270 e. The Morgan fingerprint density at radius 1 is 1.19 bits per heavy atom. The van der Waals surface area contributed by atoms with Gasteiger partial charge in [0.25, 0.3) is 11.5 Å². The number of carbonyl (C=O) groups is 1. The van der Waals surface area contributed by atoms with Crippen molar-refractivity contribution in [3.05, 3.63) is 81.7 Å². The highest BCUT2D eigenvalue weighted by atomic mass is 16.2. The Morgan fingerprint density at radius 2 is 2.04 bits per heavy atom. The molecule has 0 radical (unpaired) electrons. The molecule has 6 heteroatoms. The van der Waals surface area contributed by atoms with E-state index in [0.717, 1.165) is 22.9 Å². The van der Waals surface area contributed by atoms with E-state index in [1.165, 1.54) is 11.8 Å². The predicted molar refractivity (Wildman–Crippen MR) is 108 cm³/mol. The second-order valence-electron chi connectivity index (χ2n) is 6.15. The summed E-state index contributed by atoms with van der Waals surface area (Å²) in [5, 5.41) is 3.97. The molecular weight excluding hydrogens is 340 g/mol. The van der Waals surface area contributed by atoms with Gasteiger partial charge in [-0.25, -0.2) is 4.98 Å². The van der Waals surface area contributed by atoms with Crippen LogP contribution in [0.5, 0.6) is 0 Å². The molecule has 0 bridgehead atoms. The highest BCUT2D eigenvalue weighted by Gasteiger charge is 2.10. The van der Waals surface area contributed by atoms with E-state index < -0.39 is 0 Å². The van der Waals surface area contributed by atoms with Crippen LogP contribution in [0.25, 0.3) is 17.0 Å². The third-order valence-electron chi connectivity index (χ3n) is 4.13. The van der Waals surface area contributed by atoms with Crippen LogP contribution in [-0.2, 0) is 13.0 Å². The van der Waals surface area contributed by atoms with E-state index in [9.17, 15) is 9.59 Å². The number of fused-ring (bicyclic) bond motifs is 1. The van der Waals surface area contributed by atoms with Gasteiger partial charge < -0.3 is 15.3 Å². The first-order chi connectivity index (χ1) is 13.1. The van der Waals surface area contributed by atoms with E-state index in [2.05, 4.69) is 33.3 Å². The SMILES string of the molecule is C/C=C\C=C/c1nc(C(=O)NCc2ccc3cc(CC)[nH]c3c2)cc(=O)[nH]1. The number of hydrogen-bond donors (Lipinski definition) is 3. The van der Waals surface area contributed by atoms with Crippen molar-refractivity contribution >= 4 is 22.9 Å². The fraction of sp³-hybridized carbons (Fsp3) is 0.190. The van der Waals surface area contributed by atoms with Crippen LogP contribution in [0.4, 0.5) is 0 Å². The molecule has 0 saturated carbocycles. The molecule has 2 aromatic heterocycles. The average Bonchev–Trinajstić information content (AvgIpc) is 3.08. The standard InChI is InChI=1S/C21H22N4O2/c1-3-5-6-7-19-24-18(12-20(26)25-19)21(27)22-13-14-8-9-15-11-16(4-2)23-17(15)10-14/h3,5-12,23H,4,13H2,1-2H3,(H,22,27)(H,24,25,26)/b5-3-,7-6-. The summed E-state index contributed by atoms with van der Waals surface area (Å²) in [5.41, 5.74) is 2.92. The number of amides is 1. The molecule has 1 amide bonds. The third kappa shape index (κ3) is 4.61. The minimum Gasteiger partial charge on any atom is -0.358 e. The van der Waals surface area contributed by atoms with Gasteiger partial charge in [-0.2, -0.15) is 0 Å². The van der Waals surface area contributed by atoms with Crippen molar-refractivity contribution in [3.63, 3.8) is 0 Å². The van der Waals surface area contributed by atoms with Crippen molar-refractivity contribution in [1.82, 2.24) is 20.3 Å². The lowest BCUT2D eigenvalue weighted by molar-refractivity contribution is 0.0945. The fourth-order valence-electron chi connectivity index (χ4n) is 2.74. The third-order valence-corrected chi connectivity index (χ3v) is 4.13. The number of allylic oxidation sites excluding steroid dienone is 3. The zero-order chi connectivity index (χ0) is 19.2. The maximum Gasteiger partial charge on any atom is 0.270 e.